The lowest BCUT2D eigenvalue weighted by Gasteiger charge is -2.19. The van der Waals surface area contributed by atoms with Crippen LogP contribution in [0.5, 0.6) is 0 Å². The van der Waals surface area contributed by atoms with Crippen LogP contribution in [-0.4, -0.2) is 30.8 Å². The van der Waals surface area contributed by atoms with Gasteiger partial charge in [0.25, 0.3) is 0 Å². The Morgan fingerprint density at radius 3 is 2.58 bits per heavy atom. The number of aromatic nitrogens is 1. The van der Waals surface area contributed by atoms with Crippen LogP contribution in [0.4, 0.5) is 0 Å². The zero-order chi connectivity index (χ0) is 14.6. The SMILES string of the molecule is COCC(C)OC(=O)c1cc(Cl)nc(C(C)(C)C)c1. The van der Waals surface area contributed by atoms with E-state index in [9.17, 15) is 4.79 Å². The summed E-state index contributed by atoms with van der Waals surface area (Å²) in [4.78, 5) is 16.2. The second-order valence-electron chi connectivity index (χ2n) is 5.49. The first-order chi connectivity index (χ1) is 8.74. The minimum atomic E-state index is -0.417. The number of methoxy groups -OCH3 is 1. The van der Waals surface area contributed by atoms with Gasteiger partial charge in [0.05, 0.1) is 12.2 Å². The molecule has 1 heterocycles. The van der Waals surface area contributed by atoms with Gasteiger partial charge in [0.1, 0.15) is 11.3 Å². The van der Waals surface area contributed by atoms with Crippen molar-refractivity contribution < 1.29 is 14.3 Å². The van der Waals surface area contributed by atoms with E-state index in [0.29, 0.717) is 17.3 Å². The third-order valence-corrected chi connectivity index (χ3v) is 2.70. The maximum absolute atomic E-state index is 12.0. The van der Waals surface area contributed by atoms with E-state index >= 15 is 0 Å². The smallest absolute Gasteiger partial charge is 0.338 e. The van der Waals surface area contributed by atoms with Crippen LogP contribution in [-0.2, 0) is 14.9 Å². The van der Waals surface area contributed by atoms with Crippen LogP contribution in [0, 0.1) is 0 Å². The summed E-state index contributed by atoms with van der Waals surface area (Å²) in [7, 11) is 1.56. The lowest BCUT2D eigenvalue weighted by molar-refractivity contribution is 0.0120. The number of carbonyl (C=O) groups excluding carboxylic acids is 1. The highest BCUT2D eigenvalue weighted by atomic mass is 35.5. The molecule has 0 saturated heterocycles. The third kappa shape index (κ3) is 4.80. The van der Waals surface area contributed by atoms with E-state index in [-0.39, 0.29) is 11.5 Å². The molecule has 0 bridgehead atoms. The molecule has 1 atom stereocenters. The van der Waals surface area contributed by atoms with E-state index in [1.165, 1.54) is 6.07 Å². The summed E-state index contributed by atoms with van der Waals surface area (Å²) in [5, 5.41) is 0.291. The third-order valence-electron chi connectivity index (χ3n) is 2.51. The number of rotatable bonds is 4. The zero-order valence-electron chi connectivity index (χ0n) is 12.0. The molecule has 106 valence electrons. The molecule has 0 saturated carbocycles. The molecular formula is C14H20ClNO3. The second kappa shape index (κ2) is 6.35. The Morgan fingerprint density at radius 1 is 1.42 bits per heavy atom. The fraction of sp³-hybridized carbons (Fsp3) is 0.571. The van der Waals surface area contributed by atoms with Gasteiger partial charge in [0.15, 0.2) is 0 Å². The van der Waals surface area contributed by atoms with Gasteiger partial charge in [-0.2, -0.15) is 0 Å². The molecule has 0 aliphatic carbocycles. The predicted molar refractivity (Wildman–Crippen MR) is 74.7 cm³/mol. The minimum absolute atomic E-state index is 0.182. The first-order valence-electron chi connectivity index (χ1n) is 6.12. The molecule has 5 heteroatoms. The standard InChI is InChI=1S/C14H20ClNO3/c1-9(8-18-5)19-13(17)10-6-11(14(2,3)4)16-12(15)7-10/h6-7,9H,8H2,1-5H3. The number of hydrogen-bond donors (Lipinski definition) is 0. The molecule has 1 unspecified atom stereocenters. The summed E-state index contributed by atoms with van der Waals surface area (Å²) in [6.45, 7) is 8.16. The highest BCUT2D eigenvalue weighted by Gasteiger charge is 2.20. The second-order valence-corrected chi connectivity index (χ2v) is 5.87. The number of esters is 1. The molecule has 0 fully saturated rings. The molecule has 0 spiro atoms. The molecule has 1 aromatic rings. The molecule has 19 heavy (non-hydrogen) atoms. The lowest BCUT2D eigenvalue weighted by Crippen LogP contribution is -2.21. The maximum Gasteiger partial charge on any atom is 0.338 e. The van der Waals surface area contributed by atoms with Gasteiger partial charge in [-0.15, -0.1) is 0 Å². The van der Waals surface area contributed by atoms with E-state index in [1.807, 2.05) is 20.8 Å². The van der Waals surface area contributed by atoms with Gasteiger partial charge in [-0.05, 0) is 19.1 Å². The first kappa shape index (κ1) is 15.9. The normalized spacial score (nSPS) is 13.2. The van der Waals surface area contributed by atoms with Crippen LogP contribution in [0.1, 0.15) is 43.7 Å². The van der Waals surface area contributed by atoms with Crippen LogP contribution >= 0.6 is 11.6 Å². The molecule has 0 amide bonds. The topological polar surface area (TPSA) is 48.4 Å². The number of pyridine rings is 1. The van der Waals surface area contributed by atoms with E-state index in [4.69, 9.17) is 21.1 Å². The van der Waals surface area contributed by atoms with Gasteiger partial charge in [0.2, 0.25) is 0 Å². The quantitative estimate of drug-likeness (QED) is 0.629. The van der Waals surface area contributed by atoms with Crippen molar-refractivity contribution in [3.8, 4) is 0 Å². The highest BCUT2D eigenvalue weighted by molar-refractivity contribution is 6.29. The summed E-state index contributed by atoms with van der Waals surface area (Å²) in [6.07, 6.45) is -0.303. The lowest BCUT2D eigenvalue weighted by atomic mass is 9.91. The zero-order valence-corrected chi connectivity index (χ0v) is 12.7. The fourth-order valence-electron chi connectivity index (χ4n) is 1.52. The van der Waals surface area contributed by atoms with Crippen LogP contribution in [0.3, 0.4) is 0 Å². The number of ether oxygens (including phenoxy) is 2. The summed E-state index contributed by atoms with van der Waals surface area (Å²) in [5.74, 6) is -0.417. The van der Waals surface area contributed by atoms with Crippen LogP contribution < -0.4 is 0 Å². The van der Waals surface area contributed by atoms with Gasteiger partial charge < -0.3 is 9.47 Å². The predicted octanol–water partition coefficient (Wildman–Crippen LogP) is 3.22. The van der Waals surface area contributed by atoms with Gasteiger partial charge in [-0.3, -0.25) is 0 Å². The fourth-order valence-corrected chi connectivity index (χ4v) is 1.73. The Bertz CT molecular complexity index is 454. The summed E-state index contributed by atoms with van der Waals surface area (Å²) in [5.41, 5.74) is 0.983. The average molecular weight is 286 g/mol. The summed E-state index contributed by atoms with van der Waals surface area (Å²) in [6, 6.07) is 3.23. The van der Waals surface area contributed by atoms with E-state index in [0.717, 1.165) is 5.69 Å². The van der Waals surface area contributed by atoms with Crippen molar-refractivity contribution >= 4 is 17.6 Å². The molecule has 0 N–H and O–H groups in total. The molecule has 1 rings (SSSR count). The molecule has 0 radical (unpaired) electrons. The van der Waals surface area contributed by atoms with Crippen LogP contribution in [0.2, 0.25) is 5.15 Å². The van der Waals surface area contributed by atoms with Crippen molar-refractivity contribution in [3.63, 3.8) is 0 Å². The molecule has 0 aliphatic rings. The van der Waals surface area contributed by atoms with E-state index in [1.54, 1.807) is 20.1 Å². The van der Waals surface area contributed by atoms with Gasteiger partial charge in [-0.25, -0.2) is 9.78 Å². The minimum Gasteiger partial charge on any atom is -0.457 e. The van der Waals surface area contributed by atoms with Crippen LogP contribution in [0.15, 0.2) is 12.1 Å². The van der Waals surface area contributed by atoms with E-state index in [2.05, 4.69) is 4.98 Å². The highest BCUT2D eigenvalue weighted by Crippen LogP contribution is 2.23. The monoisotopic (exact) mass is 285 g/mol. The Balaban J connectivity index is 2.95. The van der Waals surface area contributed by atoms with E-state index < -0.39 is 5.97 Å². The van der Waals surface area contributed by atoms with Crippen molar-refractivity contribution in [3.05, 3.63) is 28.5 Å². The Kier molecular flexibility index (Phi) is 5.32. The molecular weight excluding hydrogens is 266 g/mol. The van der Waals surface area contributed by atoms with Crippen molar-refractivity contribution in [1.29, 1.82) is 0 Å². The van der Waals surface area contributed by atoms with Crippen molar-refractivity contribution in [2.75, 3.05) is 13.7 Å². The summed E-state index contributed by atoms with van der Waals surface area (Å²) < 4.78 is 10.2. The molecule has 0 aliphatic heterocycles. The van der Waals surface area contributed by atoms with Crippen molar-refractivity contribution in [1.82, 2.24) is 4.98 Å². The van der Waals surface area contributed by atoms with Crippen LogP contribution in [0.25, 0.3) is 0 Å². The van der Waals surface area contributed by atoms with Gasteiger partial charge >= 0.3 is 5.97 Å². The molecule has 4 nitrogen and oxygen atoms in total. The Labute approximate surface area is 119 Å². The molecule has 1 aromatic heterocycles. The largest absolute Gasteiger partial charge is 0.457 e. The first-order valence-corrected chi connectivity index (χ1v) is 6.50. The Morgan fingerprint density at radius 2 is 2.05 bits per heavy atom. The number of hydrogen-bond acceptors (Lipinski definition) is 4. The average Bonchev–Trinajstić information content (AvgIpc) is 2.27. The molecule has 0 aromatic carbocycles. The van der Waals surface area contributed by atoms with Crippen molar-refractivity contribution in [2.45, 2.75) is 39.2 Å². The van der Waals surface area contributed by atoms with Crippen molar-refractivity contribution in [2.24, 2.45) is 0 Å². The van der Waals surface area contributed by atoms with Gasteiger partial charge in [-0.1, -0.05) is 32.4 Å². The number of halogens is 1. The number of carbonyl (C=O) groups is 1. The number of nitrogens with zero attached hydrogens (tertiary/aromatic N) is 1. The maximum atomic E-state index is 12.0. The summed E-state index contributed by atoms with van der Waals surface area (Å²) >= 11 is 5.95. The Hall–Kier alpha value is -1.13. The van der Waals surface area contributed by atoms with Gasteiger partial charge in [0, 0.05) is 18.2 Å².